The SMILES string of the molecule is Cc1cc(C(=O)O)c(F)c(S(=O)(=O)Nc2c(C)noc2C2CC2)c1. The van der Waals surface area contributed by atoms with E-state index in [-0.39, 0.29) is 11.6 Å². The Hall–Kier alpha value is -2.42. The summed E-state index contributed by atoms with van der Waals surface area (Å²) >= 11 is 0. The molecule has 0 bridgehead atoms. The van der Waals surface area contributed by atoms with Gasteiger partial charge in [-0.2, -0.15) is 0 Å². The van der Waals surface area contributed by atoms with Crippen LogP contribution in [0.1, 0.15) is 46.1 Å². The fourth-order valence-electron chi connectivity index (χ4n) is 2.41. The fourth-order valence-corrected chi connectivity index (χ4v) is 3.73. The monoisotopic (exact) mass is 354 g/mol. The second-order valence-corrected chi connectivity index (χ2v) is 7.47. The molecule has 2 N–H and O–H groups in total. The maximum absolute atomic E-state index is 14.4. The molecule has 0 saturated heterocycles. The summed E-state index contributed by atoms with van der Waals surface area (Å²) in [7, 11) is -4.33. The van der Waals surface area contributed by atoms with Crippen LogP contribution in [0, 0.1) is 19.7 Å². The molecular weight excluding hydrogens is 339 g/mol. The summed E-state index contributed by atoms with van der Waals surface area (Å²) in [6.45, 7) is 3.06. The number of benzene rings is 1. The van der Waals surface area contributed by atoms with Crippen LogP contribution < -0.4 is 4.72 Å². The van der Waals surface area contributed by atoms with Crippen LogP contribution in [-0.4, -0.2) is 24.7 Å². The zero-order chi connectivity index (χ0) is 17.6. The third-order valence-corrected chi connectivity index (χ3v) is 5.13. The number of carboxylic acids is 1. The first-order valence-electron chi connectivity index (χ1n) is 7.23. The molecule has 1 aromatic carbocycles. The number of rotatable bonds is 5. The highest BCUT2D eigenvalue weighted by Gasteiger charge is 2.34. The van der Waals surface area contributed by atoms with E-state index in [1.807, 2.05) is 0 Å². The average Bonchev–Trinajstić information content (AvgIpc) is 3.27. The first-order valence-corrected chi connectivity index (χ1v) is 8.71. The largest absolute Gasteiger partial charge is 0.478 e. The number of halogens is 1. The maximum Gasteiger partial charge on any atom is 0.338 e. The van der Waals surface area contributed by atoms with E-state index in [1.54, 1.807) is 6.92 Å². The van der Waals surface area contributed by atoms with Crippen molar-refractivity contribution in [3.63, 3.8) is 0 Å². The van der Waals surface area contributed by atoms with Crippen LogP contribution in [0.5, 0.6) is 0 Å². The summed E-state index contributed by atoms with van der Waals surface area (Å²) < 4.78 is 47.0. The van der Waals surface area contributed by atoms with Gasteiger partial charge in [0.1, 0.15) is 16.3 Å². The van der Waals surface area contributed by atoms with Crippen molar-refractivity contribution >= 4 is 21.7 Å². The van der Waals surface area contributed by atoms with E-state index in [1.165, 1.54) is 6.92 Å². The standard InChI is InChI=1S/C15H15FN2O5S/c1-7-5-10(15(19)20)12(16)11(6-7)24(21,22)18-13-8(2)17-23-14(13)9-3-4-9/h5-6,9,18H,3-4H2,1-2H3,(H,19,20). The molecule has 0 amide bonds. The highest BCUT2D eigenvalue weighted by atomic mass is 32.2. The Balaban J connectivity index is 2.06. The number of hydrogen-bond acceptors (Lipinski definition) is 5. The van der Waals surface area contributed by atoms with Crippen molar-refractivity contribution in [3.8, 4) is 0 Å². The Morgan fingerprint density at radius 1 is 1.38 bits per heavy atom. The minimum atomic E-state index is -4.33. The molecule has 0 aliphatic heterocycles. The molecule has 1 saturated carbocycles. The topological polar surface area (TPSA) is 110 Å². The van der Waals surface area contributed by atoms with Gasteiger partial charge in [-0.25, -0.2) is 17.6 Å². The lowest BCUT2D eigenvalue weighted by atomic mass is 10.1. The third-order valence-electron chi connectivity index (χ3n) is 3.78. The van der Waals surface area contributed by atoms with Gasteiger partial charge in [-0.15, -0.1) is 0 Å². The number of sulfonamides is 1. The van der Waals surface area contributed by atoms with Crippen molar-refractivity contribution in [2.24, 2.45) is 0 Å². The van der Waals surface area contributed by atoms with E-state index in [2.05, 4.69) is 9.88 Å². The fraction of sp³-hybridized carbons (Fsp3) is 0.333. The molecule has 1 heterocycles. The van der Waals surface area contributed by atoms with Crippen molar-refractivity contribution in [2.45, 2.75) is 37.5 Å². The van der Waals surface area contributed by atoms with Crippen LogP contribution in [0.2, 0.25) is 0 Å². The molecule has 0 radical (unpaired) electrons. The lowest BCUT2D eigenvalue weighted by Gasteiger charge is -2.11. The van der Waals surface area contributed by atoms with Gasteiger partial charge in [0, 0.05) is 5.92 Å². The van der Waals surface area contributed by atoms with Crippen LogP contribution in [0.4, 0.5) is 10.1 Å². The predicted molar refractivity (Wildman–Crippen MR) is 82.1 cm³/mol. The lowest BCUT2D eigenvalue weighted by Crippen LogP contribution is -2.18. The van der Waals surface area contributed by atoms with Gasteiger partial charge < -0.3 is 9.63 Å². The molecule has 24 heavy (non-hydrogen) atoms. The molecule has 1 aromatic heterocycles. The molecule has 0 spiro atoms. The van der Waals surface area contributed by atoms with Gasteiger partial charge in [0.05, 0.1) is 5.56 Å². The maximum atomic E-state index is 14.4. The summed E-state index contributed by atoms with van der Waals surface area (Å²) in [6, 6.07) is 2.17. The summed E-state index contributed by atoms with van der Waals surface area (Å²) in [5.41, 5.74) is 0.153. The molecule has 1 fully saturated rings. The smallest absolute Gasteiger partial charge is 0.338 e. The second-order valence-electron chi connectivity index (χ2n) is 5.82. The normalized spacial score (nSPS) is 14.6. The van der Waals surface area contributed by atoms with E-state index >= 15 is 0 Å². The van der Waals surface area contributed by atoms with E-state index < -0.39 is 32.3 Å². The Morgan fingerprint density at radius 3 is 2.62 bits per heavy atom. The van der Waals surface area contributed by atoms with Crippen molar-refractivity contribution in [1.82, 2.24) is 5.16 Å². The summed E-state index contributed by atoms with van der Waals surface area (Å²) in [6.07, 6.45) is 1.73. The van der Waals surface area contributed by atoms with E-state index in [4.69, 9.17) is 9.63 Å². The van der Waals surface area contributed by atoms with Crippen molar-refractivity contribution in [2.75, 3.05) is 4.72 Å². The van der Waals surface area contributed by atoms with Crippen LogP contribution in [0.15, 0.2) is 21.6 Å². The van der Waals surface area contributed by atoms with Gasteiger partial charge in [-0.3, -0.25) is 4.72 Å². The second kappa shape index (κ2) is 5.59. The minimum Gasteiger partial charge on any atom is -0.478 e. The average molecular weight is 354 g/mol. The minimum absolute atomic E-state index is 0.0980. The Kier molecular flexibility index (Phi) is 3.83. The Labute approximate surface area is 137 Å². The molecule has 2 aromatic rings. The van der Waals surface area contributed by atoms with E-state index in [0.29, 0.717) is 17.0 Å². The van der Waals surface area contributed by atoms with Gasteiger partial charge in [-0.1, -0.05) is 5.16 Å². The molecule has 1 aliphatic carbocycles. The number of aromatic nitrogens is 1. The first kappa shape index (κ1) is 16.4. The number of anilines is 1. The summed E-state index contributed by atoms with van der Waals surface area (Å²) in [5.74, 6) is -2.32. The predicted octanol–water partition coefficient (Wildman–Crippen LogP) is 2.81. The highest BCUT2D eigenvalue weighted by Crippen LogP contribution is 2.44. The van der Waals surface area contributed by atoms with E-state index in [9.17, 15) is 17.6 Å². The van der Waals surface area contributed by atoms with Gasteiger partial charge >= 0.3 is 5.97 Å². The molecule has 0 unspecified atom stereocenters. The molecule has 7 nitrogen and oxygen atoms in total. The van der Waals surface area contributed by atoms with Crippen molar-refractivity contribution in [3.05, 3.63) is 40.5 Å². The molecule has 3 rings (SSSR count). The summed E-state index contributed by atoms with van der Waals surface area (Å²) in [5, 5.41) is 12.8. The molecular formula is C15H15FN2O5S. The van der Waals surface area contributed by atoms with Crippen molar-refractivity contribution < 1.29 is 27.2 Å². The summed E-state index contributed by atoms with van der Waals surface area (Å²) in [4.78, 5) is 10.4. The highest BCUT2D eigenvalue weighted by molar-refractivity contribution is 7.92. The van der Waals surface area contributed by atoms with Gasteiger partial charge in [0.15, 0.2) is 11.6 Å². The number of nitrogens with zero attached hydrogens (tertiary/aromatic N) is 1. The number of carbonyl (C=O) groups is 1. The number of carboxylic acid groups (broad SMARTS) is 1. The van der Waals surface area contributed by atoms with Crippen LogP contribution in [-0.2, 0) is 10.0 Å². The molecule has 128 valence electrons. The zero-order valence-corrected chi connectivity index (χ0v) is 13.8. The molecule has 0 atom stereocenters. The first-order chi connectivity index (χ1) is 11.2. The van der Waals surface area contributed by atoms with E-state index in [0.717, 1.165) is 25.0 Å². The number of hydrogen-bond donors (Lipinski definition) is 2. The van der Waals surface area contributed by atoms with Crippen LogP contribution in [0.3, 0.4) is 0 Å². The third kappa shape index (κ3) is 2.86. The van der Waals surface area contributed by atoms with Gasteiger partial charge in [0.25, 0.3) is 10.0 Å². The Bertz CT molecular complexity index is 932. The Morgan fingerprint density at radius 2 is 2.04 bits per heavy atom. The lowest BCUT2D eigenvalue weighted by molar-refractivity contribution is 0.0691. The molecule has 9 heteroatoms. The zero-order valence-electron chi connectivity index (χ0n) is 13.0. The van der Waals surface area contributed by atoms with Crippen LogP contribution >= 0.6 is 0 Å². The number of aromatic carboxylic acids is 1. The van der Waals surface area contributed by atoms with Crippen LogP contribution in [0.25, 0.3) is 0 Å². The quantitative estimate of drug-likeness (QED) is 0.854. The number of aryl methyl sites for hydroxylation is 2. The molecule has 1 aliphatic rings. The number of nitrogens with one attached hydrogen (secondary N) is 1. The van der Waals surface area contributed by atoms with Gasteiger partial charge in [-0.05, 0) is 44.4 Å². The van der Waals surface area contributed by atoms with Gasteiger partial charge in [0.2, 0.25) is 0 Å². The van der Waals surface area contributed by atoms with Crippen molar-refractivity contribution in [1.29, 1.82) is 0 Å².